The van der Waals surface area contributed by atoms with Crippen molar-refractivity contribution in [3.8, 4) is 5.75 Å². The Morgan fingerprint density at radius 2 is 1.94 bits per heavy atom. The summed E-state index contributed by atoms with van der Waals surface area (Å²) in [5, 5.41) is 21.8. The molecule has 0 saturated carbocycles. The molecule has 0 aliphatic rings. The molecule has 17 heavy (non-hydrogen) atoms. The Kier molecular flexibility index (Phi) is 5.05. The molecule has 0 heterocycles. The zero-order valence-corrected chi connectivity index (χ0v) is 11.0. The van der Waals surface area contributed by atoms with Crippen LogP contribution < -0.4 is 10.1 Å². The first-order valence-electron chi connectivity index (χ1n) is 5.37. The highest BCUT2D eigenvalue weighted by atomic mass is 35.5. The Labute approximate surface area is 106 Å². The van der Waals surface area contributed by atoms with Gasteiger partial charge in [-0.25, -0.2) is 0 Å². The number of hydrogen-bond donors (Lipinski definition) is 3. The highest BCUT2D eigenvalue weighted by Gasteiger charge is 2.15. The van der Waals surface area contributed by atoms with Crippen molar-refractivity contribution in [2.75, 3.05) is 25.6 Å². The molecule has 0 unspecified atom stereocenters. The Hall–Kier alpha value is -0.970. The second kappa shape index (κ2) is 6.10. The van der Waals surface area contributed by atoms with Gasteiger partial charge in [-0.1, -0.05) is 11.6 Å². The Morgan fingerprint density at radius 3 is 2.41 bits per heavy atom. The number of nitrogens with one attached hydrogen (secondary N) is 1. The van der Waals surface area contributed by atoms with Crippen LogP contribution in [0.3, 0.4) is 0 Å². The molecule has 1 aromatic carbocycles. The number of rotatable bonds is 5. The minimum Gasteiger partial charge on any atom is -0.495 e. The third-order valence-electron chi connectivity index (χ3n) is 2.65. The molecule has 0 atom stereocenters. The predicted octanol–water partition coefficient (Wildman–Crippen LogP) is 1.73. The van der Waals surface area contributed by atoms with E-state index in [9.17, 15) is 0 Å². The molecular formula is C12H18ClNO3. The average molecular weight is 260 g/mol. The smallest absolute Gasteiger partial charge is 0.142 e. The van der Waals surface area contributed by atoms with E-state index >= 15 is 0 Å². The highest BCUT2D eigenvalue weighted by molar-refractivity contribution is 6.32. The van der Waals surface area contributed by atoms with Crippen LogP contribution in [0, 0.1) is 13.8 Å². The quantitative estimate of drug-likeness (QED) is 0.754. The van der Waals surface area contributed by atoms with Crippen LogP contribution in [0.25, 0.3) is 0 Å². The van der Waals surface area contributed by atoms with Crippen molar-refractivity contribution in [2.24, 2.45) is 0 Å². The Balaban J connectivity index is 3.16. The third-order valence-corrected chi connectivity index (χ3v) is 3.24. The van der Waals surface area contributed by atoms with Gasteiger partial charge in [0.1, 0.15) is 5.75 Å². The van der Waals surface area contributed by atoms with Crippen LogP contribution in [0.15, 0.2) is 6.07 Å². The van der Waals surface area contributed by atoms with Crippen LogP contribution >= 0.6 is 11.6 Å². The standard InChI is InChI=1S/C12H18ClNO3/c1-7-4-10(17-3)12(8(2)11(7)13)14-9(5-15)6-16/h4,9,14-16H,5-6H2,1-3H3. The lowest BCUT2D eigenvalue weighted by Crippen LogP contribution is -2.28. The first-order chi connectivity index (χ1) is 8.04. The van der Waals surface area contributed by atoms with Gasteiger partial charge in [-0.2, -0.15) is 0 Å². The average Bonchev–Trinajstić information content (AvgIpc) is 2.34. The molecule has 3 N–H and O–H groups in total. The van der Waals surface area contributed by atoms with Gasteiger partial charge in [-0.15, -0.1) is 0 Å². The van der Waals surface area contributed by atoms with E-state index in [0.29, 0.717) is 16.5 Å². The van der Waals surface area contributed by atoms with Gasteiger partial charge < -0.3 is 20.3 Å². The summed E-state index contributed by atoms with van der Waals surface area (Å²) < 4.78 is 5.27. The van der Waals surface area contributed by atoms with Crippen molar-refractivity contribution in [3.05, 3.63) is 22.2 Å². The maximum Gasteiger partial charge on any atom is 0.142 e. The van der Waals surface area contributed by atoms with Crippen molar-refractivity contribution in [1.82, 2.24) is 0 Å². The normalized spacial score (nSPS) is 10.8. The zero-order valence-electron chi connectivity index (χ0n) is 10.2. The van der Waals surface area contributed by atoms with Crippen molar-refractivity contribution in [3.63, 3.8) is 0 Å². The summed E-state index contributed by atoms with van der Waals surface area (Å²) in [6, 6.07) is 1.39. The van der Waals surface area contributed by atoms with Crippen molar-refractivity contribution < 1.29 is 14.9 Å². The summed E-state index contributed by atoms with van der Waals surface area (Å²) >= 11 is 6.16. The largest absolute Gasteiger partial charge is 0.495 e. The number of hydrogen-bond acceptors (Lipinski definition) is 4. The molecule has 0 aliphatic carbocycles. The molecule has 0 aliphatic heterocycles. The van der Waals surface area contributed by atoms with Crippen molar-refractivity contribution in [1.29, 1.82) is 0 Å². The molecule has 1 rings (SSSR count). The number of anilines is 1. The minimum atomic E-state index is -0.429. The summed E-state index contributed by atoms with van der Waals surface area (Å²) in [5.74, 6) is 0.649. The summed E-state index contributed by atoms with van der Waals surface area (Å²) in [4.78, 5) is 0. The Morgan fingerprint density at radius 1 is 1.35 bits per heavy atom. The lowest BCUT2D eigenvalue weighted by Gasteiger charge is -2.21. The van der Waals surface area contributed by atoms with E-state index in [2.05, 4.69) is 5.32 Å². The number of halogens is 1. The molecular weight excluding hydrogens is 242 g/mol. The maximum absolute atomic E-state index is 9.07. The monoisotopic (exact) mass is 259 g/mol. The van der Waals surface area contributed by atoms with Gasteiger partial charge in [0.25, 0.3) is 0 Å². The van der Waals surface area contributed by atoms with E-state index in [1.807, 2.05) is 19.9 Å². The van der Waals surface area contributed by atoms with Gasteiger partial charge in [-0.3, -0.25) is 0 Å². The second-order valence-electron chi connectivity index (χ2n) is 3.92. The zero-order chi connectivity index (χ0) is 13.0. The van der Waals surface area contributed by atoms with Gasteiger partial charge in [-0.05, 0) is 31.0 Å². The summed E-state index contributed by atoms with van der Waals surface area (Å²) in [7, 11) is 1.57. The predicted molar refractivity (Wildman–Crippen MR) is 69.1 cm³/mol. The molecule has 0 fully saturated rings. The number of aryl methyl sites for hydroxylation is 1. The third kappa shape index (κ3) is 3.03. The van der Waals surface area contributed by atoms with Crippen LogP contribution in [0.4, 0.5) is 5.69 Å². The fraction of sp³-hybridized carbons (Fsp3) is 0.500. The first-order valence-corrected chi connectivity index (χ1v) is 5.74. The van der Waals surface area contributed by atoms with E-state index in [1.54, 1.807) is 7.11 Å². The van der Waals surface area contributed by atoms with Gasteiger partial charge in [0.2, 0.25) is 0 Å². The number of benzene rings is 1. The molecule has 4 nitrogen and oxygen atoms in total. The van der Waals surface area contributed by atoms with Gasteiger partial charge in [0, 0.05) is 5.02 Å². The summed E-state index contributed by atoms with van der Waals surface area (Å²) in [6.45, 7) is 3.44. The van der Waals surface area contributed by atoms with E-state index < -0.39 is 6.04 Å². The Bertz CT molecular complexity index is 392. The minimum absolute atomic E-state index is 0.162. The number of aliphatic hydroxyl groups is 2. The van der Waals surface area contributed by atoms with Crippen molar-refractivity contribution >= 4 is 17.3 Å². The van der Waals surface area contributed by atoms with Gasteiger partial charge >= 0.3 is 0 Å². The molecule has 0 bridgehead atoms. The van der Waals surface area contributed by atoms with Crippen molar-refractivity contribution in [2.45, 2.75) is 19.9 Å². The van der Waals surface area contributed by atoms with Crippen LogP contribution in [0.5, 0.6) is 5.75 Å². The second-order valence-corrected chi connectivity index (χ2v) is 4.29. The highest BCUT2D eigenvalue weighted by Crippen LogP contribution is 2.36. The number of methoxy groups -OCH3 is 1. The fourth-order valence-corrected chi connectivity index (χ4v) is 1.77. The molecule has 1 aromatic rings. The fourth-order valence-electron chi connectivity index (χ4n) is 1.62. The first kappa shape index (κ1) is 14.1. The van der Waals surface area contributed by atoms with Crippen LogP contribution in [0.2, 0.25) is 5.02 Å². The molecule has 0 amide bonds. The molecule has 5 heteroatoms. The van der Waals surface area contributed by atoms with E-state index in [0.717, 1.165) is 11.1 Å². The summed E-state index contributed by atoms with van der Waals surface area (Å²) in [6.07, 6.45) is 0. The van der Waals surface area contributed by atoms with E-state index in [4.69, 9.17) is 26.6 Å². The summed E-state index contributed by atoms with van der Waals surface area (Å²) in [5.41, 5.74) is 2.47. The SMILES string of the molecule is COc1cc(C)c(Cl)c(C)c1NC(CO)CO. The maximum atomic E-state index is 9.07. The van der Waals surface area contributed by atoms with Crippen LogP contribution in [-0.2, 0) is 0 Å². The van der Waals surface area contributed by atoms with Gasteiger partial charge in [0.05, 0.1) is 32.1 Å². The van der Waals surface area contributed by atoms with Crippen LogP contribution in [-0.4, -0.2) is 36.6 Å². The topological polar surface area (TPSA) is 61.7 Å². The molecule has 0 radical (unpaired) electrons. The lowest BCUT2D eigenvalue weighted by molar-refractivity contribution is 0.203. The molecule has 0 aromatic heterocycles. The van der Waals surface area contributed by atoms with E-state index in [1.165, 1.54) is 0 Å². The number of ether oxygens (including phenoxy) is 1. The molecule has 96 valence electrons. The van der Waals surface area contributed by atoms with Crippen LogP contribution in [0.1, 0.15) is 11.1 Å². The number of aliphatic hydroxyl groups excluding tert-OH is 2. The molecule has 0 saturated heterocycles. The lowest BCUT2D eigenvalue weighted by atomic mass is 10.1. The van der Waals surface area contributed by atoms with E-state index in [-0.39, 0.29) is 13.2 Å². The molecule has 0 spiro atoms. The van der Waals surface area contributed by atoms with Gasteiger partial charge in [0.15, 0.2) is 0 Å².